The smallest absolute Gasteiger partial charge is 0.219 e. The van der Waals surface area contributed by atoms with Gasteiger partial charge in [0.05, 0.1) is 159 Å². The van der Waals surface area contributed by atoms with Crippen molar-refractivity contribution < 1.29 is 61.6 Å². The van der Waals surface area contributed by atoms with E-state index in [1.54, 1.807) is 0 Å². The van der Waals surface area contributed by atoms with Crippen molar-refractivity contribution in [2.45, 2.75) is 6.42 Å². The van der Waals surface area contributed by atoms with Gasteiger partial charge in [-0.05, 0) is 0 Å². The Labute approximate surface area is 250 Å². The zero-order chi connectivity index (χ0) is 30.4. The molecule has 0 aromatic carbocycles. The number of hydrogen-bond donors (Lipinski definition) is 2. The van der Waals surface area contributed by atoms with Crippen LogP contribution in [0.15, 0.2) is 0 Å². The maximum absolute atomic E-state index is 10.5. The van der Waals surface area contributed by atoms with Gasteiger partial charge in [-0.2, -0.15) is 0 Å². The van der Waals surface area contributed by atoms with Gasteiger partial charge < -0.3 is 68.3 Å². The van der Waals surface area contributed by atoms with Gasteiger partial charge in [0.25, 0.3) is 0 Å². The van der Waals surface area contributed by atoms with Gasteiger partial charge in [0.2, 0.25) is 5.91 Å². The van der Waals surface area contributed by atoms with Crippen molar-refractivity contribution in [1.82, 2.24) is 0 Å². The lowest BCUT2D eigenvalue weighted by Crippen LogP contribution is -2.16. The fraction of sp³-hybridized carbons (Fsp3) is 0.963. The van der Waals surface area contributed by atoms with E-state index in [-0.39, 0.29) is 12.3 Å². The Morgan fingerprint density at radius 3 is 0.643 bits per heavy atom. The highest BCUT2D eigenvalue weighted by molar-refractivity contribution is 5.73. The van der Waals surface area contributed by atoms with Crippen molar-refractivity contribution >= 4 is 5.91 Å². The molecule has 15 heteroatoms. The fourth-order valence-electron chi connectivity index (χ4n) is 2.78. The topological polar surface area (TPSA) is 180 Å². The van der Waals surface area contributed by atoms with Gasteiger partial charge >= 0.3 is 0 Å². The first-order chi connectivity index (χ1) is 20.8. The van der Waals surface area contributed by atoms with Gasteiger partial charge in [0.15, 0.2) is 0 Å². The van der Waals surface area contributed by atoms with Crippen molar-refractivity contribution in [2.24, 2.45) is 11.5 Å². The Morgan fingerprint density at radius 2 is 0.476 bits per heavy atom. The maximum Gasteiger partial charge on any atom is 0.219 e. The molecule has 0 aliphatic rings. The van der Waals surface area contributed by atoms with E-state index in [1.165, 1.54) is 0 Å². The van der Waals surface area contributed by atoms with Crippen LogP contribution in [0.1, 0.15) is 6.42 Å². The molecular formula is C27H56N2O13. The molecule has 0 saturated carbocycles. The van der Waals surface area contributed by atoms with Crippen LogP contribution in [0.3, 0.4) is 0 Å². The third-order valence-electron chi connectivity index (χ3n) is 4.85. The molecule has 42 heavy (non-hydrogen) atoms. The molecule has 0 saturated heterocycles. The first-order valence-electron chi connectivity index (χ1n) is 14.7. The Bertz CT molecular complexity index is 524. The number of hydrogen-bond acceptors (Lipinski definition) is 14. The molecule has 0 spiro atoms. The molecule has 0 unspecified atom stereocenters. The van der Waals surface area contributed by atoms with Crippen LogP contribution in [0, 0.1) is 0 Å². The number of amides is 1. The van der Waals surface area contributed by atoms with Gasteiger partial charge in [0, 0.05) is 13.0 Å². The predicted octanol–water partition coefficient (Wildman–Crippen LogP) is -0.980. The van der Waals surface area contributed by atoms with Crippen LogP contribution in [0.4, 0.5) is 0 Å². The Morgan fingerprint density at radius 1 is 0.310 bits per heavy atom. The predicted molar refractivity (Wildman–Crippen MR) is 153 cm³/mol. The maximum atomic E-state index is 10.5. The summed E-state index contributed by atoms with van der Waals surface area (Å²) in [5.74, 6) is -0.374. The monoisotopic (exact) mass is 616 g/mol. The van der Waals surface area contributed by atoms with Crippen LogP contribution in [0.2, 0.25) is 0 Å². The number of ether oxygens (including phenoxy) is 12. The molecule has 0 atom stereocenters. The van der Waals surface area contributed by atoms with Crippen molar-refractivity contribution in [3.63, 3.8) is 0 Å². The van der Waals surface area contributed by atoms with Crippen molar-refractivity contribution in [1.29, 1.82) is 0 Å². The molecule has 0 bridgehead atoms. The van der Waals surface area contributed by atoms with Crippen LogP contribution >= 0.6 is 0 Å². The van der Waals surface area contributed by atoms with E-state index in [9.17, 15) is 4.79 Å². The summed E-state index contributed by atoms with van der Waals surface area (Å²) in [5, 5.41) is 0. The molecule has 0 heterocycles. The summed E-state index contributed by atoms with van der Waals surface area (Å²) in [6, 6.07) is 0. The normalized spacial score (nSPS) is 11.5. The largest absolute Gasteiger partial charge is 0.379 e. The van der Waals surface area contributed by atoms with E-state index in [1.807, 2.05) is 0 Å². The molecule has 4 N–H and O–H groups in total. The van der Waals surface area contributed by atoms with Gasteiger partial charge in [0.1, 0.15) is 0 Å². The summed E-state index contributed by atoms with van der Waals surface area (Å²) in [6.45, 7) is 12.4. The summed E-state index contributed by atoms with van der Waals surface area (Å²) < 4.78 is 64.6. The number of carbonyl (C=O) groups is 1. The van der Waals surface area contributed by atoms with Crippen LogP contribution in [-0.4, -0.2) is 171 Å². The zero-order valence-electron chi connectivity index (χ0n) is 25.3. The lowest BCUT2D eigenvalue weighted by Gasteiger charge is -2.09. The molecule has 1 amide bonds. The minimum Gasteiger partial charge on any atom is -0.379 e. The third kappa shape index (κ3) is 39.0. The average Bonchev–Trinajstić information content (AvgIpc) is 2.98. The number of nitrogens with two attached hydrogens (primary N) is 2. The molecule has 15 nitrogen and oxygen atoms in total. The molecule has 0 rings (SSSR count). The van der Waals surface area contributed by atoms with Crippen molar-refractivity contribution in [2.75, 3.05) is 165 Å². The van der Waals surface area contributed by atoms with E-state index in [4.69, 9.17) is 68.3 Å². The van der Waals surface area contributed by atoms with Gasteiger partial charge in [-0.3, -0.25) is 4.79 Å². The van der Waals surface area contributed by atoms with E-state index in [0.29, 0.717) is 165 Å². The Hall–Kier alpha value is -1.05. The molecule has 0 aliphatic heterocycles. The van der Waals surface area contributed by atoms with E-state index in [0.717, 1.165) is 0 Å². The minimum atomic E-state index is -0.374. The van der Waals surface area contributed by atoms with Crippen LogP contribution in [0.5, 0.6) is 0 Å². The Kier molecular flexibility index (Phi) is 37.0. The summed E-state index contributed by atoms with van der Waals surface area (Å²) >= 11 is 0. The number of carbonyl (C=O) groups excluding carboxylic acids is 1. The standard InChI is InChI=1S/C27H56N2O13/c28-2-4-32-6-8-34-10-12-36-14-16-38-18-20-40-22-24-42-26-25-41-23-21-39-19-17-37-15-13-35-11-9-33-7-5-31-3-1-27(29)30/h1-26,28H2,(H2,29,30). The second-order valence-electron chi connectivity index (χ2n) is 8.35. The third-order valence-corrected chi connectivity index (χ3v) is 4.85. The van der Waals surface area contributed by atoms with Crippen molar-refractivity contribution in [3.8, 4) is 0 Å². The lowest BCUT2D eigenvalue weighted by atomic mass is 10.4. The second-order valence-corrected chi connectivity index (χ2v) is 8.35. The van der Waals surface area contributed by atoms with Crippen molar-refractivity contribution in [3.05, 3.63) is 0 Å². The number of primary amides is 1. The van der Waals surface area contributed by atoms with Gasteiger partial charge in [-0.15, -0.1) is 0 Å². The average molecular weight is 617 g/mol. The molecule has 0 aliphatic carbocycles. The zero-order valence-corrected chi connectivity index (χ0v) is 25.3. The molecule has 0 aromatic rings. The lowest BCUT2D eigenvalue weighted by molar-refractivity contribution is -0.119. The highest BCUT2D eigenvalue weighted by atomic mass is 16.6. The molecule has 0 aromatic heterocycles. The second kappa shape index (κ2) is 38.0. The van der Waals surface area contributed by atoms with E-state index >= 15 is 0 Å². The van der Waals surface area contributed by atoms with Crippen LogP contribution in [-0.2, 0) is 61.6 Å². The summed E-state index contributed by atoms with van der Waals surface area (Å²) in [4.78, 5) is 10.5. The molecule has 252 valence electrons. The van der Waals surface area contributed by atoms with E-state index < -0.39 is 0 Å². The highest BCUT2D eigenvalue weighted by Gasteiger charge is 1.97. The number of rotatable bonds is 38. The first kappa shape index (κ1) is 41.0. The minimum absolute atomic E-state index is 0.220. The van der Waals surface area contributed by atoms with Gasteiger partial charge in [-0.25, -0.2) is 0 Å². The van der Waals surface area contributed by atoms with Crippen LogP contribution < -0.4 is 11.5 Å². The summed E-state index contributed by atoms with van der Waals surface area (Å²) in [5.41, 5.74) is 10.3. The molecular weight excluding hydrogens is 560 g/mol. The highest BCUT2D eigenvalue weighted by Crippen LogP contribution is 1.87. The molecule has 0 radical (unpaired) electrons. The van der Waals surface area contributed by atoms with Crippen LogP contribution in [0.25, 0.3) is 0 Å². The quantitative estimate of drug-likeness (QED) is 0.0808. The fourth-order valence-corrected chi connectivity index (χ4v) is 2.78. The molecule has 0 fully saturated rings. The van der Waals surface area contributed by atoms with E-state index in [2.05, 4.69) is 0 Å². The SMILES string of the molecule is NCCOCCOCCOCCOCCOCCOCCOCCOCCOCCOCCOCCOCCC(N)=O. The first-order valence-corrected chi connectivity index (χ1v) is 14.7. The summed E-state index contributed by atoms with van der Waals surface area (Å²) in [6.07, 6.45) is 0.220. The Balaban J connectivity index is 3.03. The summed E-state index contributed by atoms with van der Waals surface area (Å²) in [7, 11) is 0. The van der Waals surface area contributed by atoms with Gasteiger partial charge in [-0.1, -0.05) is 0 Å².